The Labute approximate surface area is 135 Å². The van der Waals surface area contributed by atoms with E-state index in [-0.39, 0.29) is 11.7 Å². The smallest absolute Gasteiger partial charge is 0.236 e. The highest BCUT2D eigenvalue weighted by molar-refractivity contribution is 9.10. The summed E-state index contributed by atoms with van der Waals surface area (Å²) in [5, 5.41) is 0. The summed E-state index contributed by atoms with van der Waals surface area (Å²) in [6.07, 6.45) is 1.28. The largest absolute Gasteiger partial charge is 0.348 e. The molecule has 0 radical (unpaired) electrons. The molecule has 0 fully saturated rings. The number of carbonyl (C=O) groups excluding carboxylic acids is 2. The lowest BCUT2D eigenvalue weighted by Crippen LogP contribution is -2.37. The maximum absolute atomic E-state index is 12.0. The summed E-state index contributed by atoms with van der Waals surface area (Å²) in [6, 6.07) is 7.42. The van der Waals surface area contributed by atoms with Crippen molar-refractivity contribution in [3.63, 3.8) is 0 Å². The third-order valence-electron chi connectivity index (χ3n) is 3.35. The van der Waals surface area contributed by atoms with Crippen LogP contribution < -0.4 is 0 Å². The molecule has 0 heterocycles. The Hall–Kier alpha value is -1.20. The molecule has 0 aromatic heterocycles. The lowest BCUT2D eigenvalue weighted by Gasteiger charge is -2.21. The predicted molar refractivity (Wildman–Crippen MR) is 88.5 cm³/mol. The second-order valence-electron chi connectivity index (χ2n) is 5.19. The molecule has 1 aromatic carbocycles. The molecule has 0 bridgehead atoms. The maximum Gasteiger partial charge on any atom is 0.236 e. The molecule has 0 N–H and O–H groups in total. The standard InChI is InChI=1S/C16H23BrN2O2/c1-4-19(12-16(21)18(2)3)11-5-6-15(20)13-7-9-14(17)10-8-13/h7-10H,4-6,11-12H2,1-3H3. The number of hydrogen-bond acceptors (Lipinski definition) is 3. The van der Waals surface area contributed by atoms with Gasteiger partial charge in [0.25, 0.3) is 0 Å². The average molecular weight is 355 g/mol. The Morgan fingerprint density at radius 1 is 1.14 bits per heavy atom. The van der Waals surface area contributed by atoms with Crippen molar-refractivity contribution >= 4 is 27.6 Å². The van der Waals surface area contributed by atoms with Gasteiger partial charge in [0.15, 0.2) is 5.78 Å². The summed E-state index contributed by atoms with van der Waals surface area (Å²) in [6.45, 7) is 4.01. The molecule has 1 aromatic rings. The third kappa shape index (κ3) is 6.40. The maximum atomic E-state index is 12.0. The van der Waals surface area contributed by atoms with Gasteiger partial charge in [-0.15, -0.1) is 0 Å². The molecule has 116 valence electrons. The minimum atomic E-state index is 0.0936. The van der Waals surface area contributed by atoms with Gasteiger partial charge in [-0.1, -0.05) is 35.0 Å². The molecular formula is C16H23BrN2O2. The number of amides is 1. The molecule has 0 aliphatic rings. The summed E-state index contributed by atoms with van der Waals surface area (Å²) in [5.41, 5.74) is 0.741. The summed E-state index contributed by atoms with van der Waals surface area (Å²) >= 11 is 3.36. The normalized spacial score (nSPS) is 10.7. The molecule has 0 saturated carbocycles. The van der Waals surface area contributed by atoms with Gasteiger partial charge in [0.2, 0.25) is 5.91 Å². The topological polar surface area (TPSA) is 40.6 Å². The van der Waals surface area contributed by atoms with Gasteiger partial charge in [-0.2, -0.15) is 0 Å². The van der Waals surface area contributed by atoms with Crippen LogP contribution in [0.25, 0.3) is 0 Å². The molecule has 5 heteroatoms. The summed E-state index contributed by atoms with van der Waals surface area (Å²) in [4.78, 5) is 27.4. The number of rotatable bonds is 8. The van der Waals surface area contributed by atoms with Crippen LogP contribution in [0.3, 0.4) is 0 Å². The van der Waals surface area contributed by atoms with E-state index in [9.17, 15) is 9.59 Å². The van der Waals surface area contributed by atoms with Gasteiger partial charge in [0.05, 0.1) is 6.54 Å². The first-order chi connectivity index (χ1) is 9.93. The molecular weight excluding hydrogens is 332 g/mol. The van der Waals surface area contributed by atoms with Crippen LogP contribution in [0.1, 0.15) is 30.1 Å². The second-order valence-corrected chi connectivity index (χ2v) is 6.11. The number of ketones is 1. The van der Waals surface area contributed by atoms with Crippen LogP contribution in [-0.2, 0) is 4.79 Å². The lowest BCUT2D eigenvalue weighted by atomic mass is 10.1. The van der Waals surface area contributed by atoms with E-state index in [1.807, 2.05) is 31.2 Å². The number of halogens is 1. The quantitative estimate of drug-likeness (QED) is 0.674. The van der Waals surface area contributed by atoms with Crippen LogP contribution >= 0.6 is 15.9 Å². The Morgan fingerprint density at radius 3 is 2.29 bits per heavy atom. The fourth-order valence-electron chi connectivity index (χ4n) is 1.93. The molecule has 0 spiro atoms. The van der Waals surface area contributed by atoms with Crippen LogP contribution in [0.2, 0.25) is 0 Å². The Kier molecular flexibility index (Phi) is 7.61. The fourth-order valence-corrected chi connectivity index (χ4v) is 2.19. The van der Waals surface area contributed by atoms with Crippen molar-refractivity contribution in [2.45, 2.75) is 19.8 Å². The summed E-state index contributed by atoms with van der Waals surface area (Å²) < 4.78 is 0.971. The monoisotopic (exact) mass is 354 g/mol. The fraction of sp³-hybridized carbons (Fsp3) is 0.500. The van der Waals surface area contributed by atoms with Gasteiger partial charge in [0, 0.05) is 30.6 Å². The van der Waals surface area contributed by atoms with E-state index >= 15 is 0 Å². The number of hydrogen-bond donors (Lipinski definition) is 0. The number of benzene rings is 1. The highest BCUT2D eigenvalue weighted by Gasteiger charge is 2.11. The second kappa shape index (κ2) is 8.95. The molecule has 4 nitrogen and oxygen atoms in total. The number of likely N-dealkylation sites (N-methyl/N-ethyl adjacent to an activating group) is 2. The van der Waals surface area contributed by atoms with Gasteiger partial charge in [-0.3, -0.25) is 14.5 Å². The van der Waals surface area contributed by atoms with E-state index in [1.165, 1.54) is 0 Å². The molecule has 0 atom stereocenters. The molecule has 0 aliphatic heterocycles. The van der Waals surface area contributed by atoms with Crippen LogP contribution in [-0.4, -0.2) is 55.2 Å². The average Bonchev–Trinajstić information content (AvgIpc) is 2.46. The highest BCUT2D eigenvalue weighted by atomic mass is 79.9. The Bertz CT molecular complexity index is 472. The van der Waals surface area contributed by atoms with Crippen molar-refractivity contribution in [3.05, 3.63) is 34.3 Å². The number of carbonyl (C=O) groups is 2. The number of nitrogens with zero attached hydrogens (tertiary/aromatic N) is 2. The summed E-state index contributed by atoms with van der Waals surface area (Å²) in [5.74, 6) is 0.244. The van der Waals surface area contributed by atoms with Gasteiger partial charge < -0.3 is 4.90 Å². The highest BCUT2D eigenvalue weighted by Crippen LogP contribution is 2.12. The van der Waals surface area contributed by atoms with E-state index in [2.05, 4.69) is 20.8 Å². The van der Waals surface area contributed by atoms with E-state index in [0.29, 0.717) is 13.0 Å². The van der Waals surface area contributed by atoms with Crippen LogP contribution in [0.4, 0.5) is 0 Å². The van der Waals surface area contributed by atoms with E-state index < -0.39 is 0 Å². The van der Waals surface area contributed by atoms with E-state index in [1.54, 1.807) is 19.0 Å². The van der Waals surface area contributed by atoms with Crippen LogP contribution in [0.5, 0.6) is 0 Å². The molecule has 0 unspecified atom stereocenters. The lowest BCUT2D eigenvalue weighted by molar-refractivity contribution is -0.129. The minimum Gasteiger partial charge on any atom is -0.348 e. The van der Waals surface area contributed by atoms with Crippen LogP contribution in [0.15, 0.2) is 28.7 Å². The van der Waals surface area contributed by atoms with Crippen molar-refractivity contribution in [2.24, 2.45) is 0 Å². The van der Waals surface area contributed by atoms with E-state index in [0.717, 1.165) is 29.5 Å². The third-order valence-corrected chi connectivity index (χ3v) is 3.88. The SMILES string of the molecule is CCN(CCCC(=O)c1ccc(Br)cc1)CC(=O)N(C)C. The molecule has 21 heavy (non-hydrogen) atoms. The van der Waals surface area contributed by atoms with Gasteiger partial charge in [-0.25, -0.2) is 0 Å². The first-order valence-electron chi connectivity index (χ1n) is 7.15. The first-order valence-corrected chi connectivity index (χ1v) is 7.94. The Balaban J connectivity index is 2.38. The zero-order valence-corrected chi connectivity index (χ0v) is 14.5. The van der Waals surface area contributed by atoms with Crippen molar-refractivity contribution in [2.75, 3.05) is 33.7 Å². The first kappa shape index (κ1) is 17.9. The molecule has 1 amide bonds. The van der Waals surface area contributed by atoms with Crippen molar-refractivity contribution in [1.29, 1.82) is 0 Å². The minimum absolute atomic E-state index is 0.0936. The number of Topliss-reactive ketones (excluding diaryl/α,β-unsaturated/α-hetero) is 1. The van der Waals surface area contributed by atoms with Gasteiger partial charge >= 0.3 is 0 Å². The molecule has 1 rings (SSSR count). The molecule has 0 saturated heterocycles. The zero-order chi connectivity index (χ0) is 15.8. The van der Waals surface area contributed by atoms with Crippen molar-refractivity contribution in [3.8, 4) is 0 Å². The summed E-state index contributed by atoms with van der Waals surface area (Å²) in [7, 11) is 3.51. The van der Waals surface area contributed by atoms with Crippen molar-refractivity contribution in [1.82, 2.24) is 9.80 Å². The van der Waals surface area contributed by atoms with Gasteiger partial charge in [0.1, 0.15) is 0 Å². The van der Waals surface area contributed by atoms with E-state index in [4.69, 9.17) is 0 Å². The zero-order valence-electron chi connectivity index (χ0n) is 12.9. The molecule has 0 aliphatic carbocycles. The van der Waals surface area contributed by atoms with Crippen molar-refractivity contribution < 1.29 is 9.59 Å². The van der Waals surface area contributed by atoms with Gasteiger partial charge in [-0.05, 0) is 31.6 Å². The predicted octanol–water partition coefficient (Wildman–Crippen LogP) is 2.82. The Morgan fingerprint density at radius 2 is 1.76 bits per heavy atom. The van der Waals surface area contributed by atoms with Crippen LogP contribution in [0, 0.1) is 0 Å².